The Balaban J connectivity index is 1.73. The van der Waals surface area contributed by atoms with Crippen LogP contribution in [-0.4, -0.2) is 29.8 Å². The van der Waals surface area contributed by atoms with Crippen LogP contribution in [0.5, 0.6) is 0 Å². The van der Waals surface area contributed by atoms with E-state index >= 15 is 0 Å². The van der Waals surface area contributed by atoms with Crippen LogP contribution in [-0.2, 0) is 0 Å². The van der Waals surface area contributed by atoms with Crippen LogP contribution in [0.3, 0.4) is 0 Å². The van der Waals surface area contributed by atoms with Crippen molar-refractivity contribution in [2.45, 2.75) is 19.3 Å². The van der Waals surface area contributed by atoms with E-state index in [-0.39, 0.29) is 11.8 Å². The molecular weight excluding hydrogens is 324 g/mol. The van der Waals surface area contributed by atoms with Crippen molar-refractivity contribution >= 4 is 29.1 Å². The van der Waals surface area contributed by atoms with Crippen molar-refractivity contribution in [3.05, 3.63) is 64.7 Å². The SMILES string of the molecule is O=C(Nc1ccc(Cl)cc1)c1cccc(C(=O)N2CCCCC2)c1. The second kappa shape index (κ2) is 7.49. The molecule has 3 rings (SSSR count). The van der Waals surface area contributed by atoms with Gasteiger partial charge in [0.2, 0.25) is 0 Å². The standard InChI is InChI=1S/C19H19ClN2O2/c20-16-7-9-17(10-8-16)21-18(23)14-5-4-6-15(13-14)19(24)22-11-2-1-3-12-22/h4-10,13H,1-3,11-12H2,(H,21,23). The minimum atomic E-state index is -0.245. The van der Waals surface area contributed by atoms with Crippen molar-refractivity contribution in [2.75, 3.05) is 18.4 Å². The fourth-order valence-electron chi connectivity index (χ4n) is 2.81. The van der Waals surface area contributed by atoms with Gasteiger partial charge in [-0.15, -0.1) is 0 Å². The molecule has 0 atom stereocenters. The topological polar surface area (TPSA) is 49.4 Å². The number of hydrogen-bond donors (Lipinski definition) is 1. The Morgan fingerprint density at radius 2 is 1.58 bits per heavy atom. The highest BCUT2D eigenvalue weighted by Gasteiger charge is 2.19. The third-order valence-electron chi connectivity index (χ3n) is 4.12. The lowest BCUT2D eigenvalue weighted by molar-refractivity contribution is 0.0724. The fourth-order valence-corrected chi connectivity index (χ4v) is 2.94. The molecule has 0 saturated carbocycles. The molecule has 5 heteroatoms. The molecule has 0 aliphatic carbocycles. The molecule has 124 valence electrons. The maximum Gasteiger partial charge on any atom is 0.255 e. The normalized spacial score (nSPS) is 14.3. The number of nitrogens with one attached hydrogen (secondary N) is 1. The summed E-state index contributed by atoms with van der Waals surface area (Å²) in [5.41, 5.74) is 1.69. The van der Waals surface area contributed by atoms with Gasteiger partial charge in [0.1, 0.15) is 0 Å². The molecule has 1 heterocycles. The van der Waals surface area contributed by atoms with Crippen LogP contribution in [0, 0.1) is 0 Å². The van der Waals surface area contributed by atoms with E-state index in [4.69, 9.17) is 11.6 Å². The third-order valence-corrected chi connectivity index (χ3v) is 4.37. The van der Waals surface area contributed by atoms with Crippen LogP contribution in [0.2, 0.25) is 5.02 Å². The van der Waals surface area contributed by atoms with E-state index in [0.717, 1.165) is 25.9 Å². The first kappa shape index (κ1) is 16.5. The first-order valence-electron chi connectivity index (χ1n) is 8.10. The smallest absolute Gasteiger partial charge is 0.255 e. The Hall–Kier alpha value is -2.33. The average Bonchev–Trinajstić information content (AvgIpc) is 2.64. The van der Waals surface area contributed by atoms with Crippen LogP contribution >= 0.6 is 11.6 Å². The molecule has 0 radical (unpaired) electrons. The highest BCUT2D eigenvalue weighted by Crippen LogP contribution is 2.17. The Morgan fingerprint density at radius 3 is 2.29 bits per heavy atom. The van der Waals surface area contributed by atoms with Crippen molar-refractivity contribution < 1.29 is 9.59 Å². The number of amides is 2. The van der Waals surface area contributed by atoms with Gasteiger partial charge in [0.25, 0.3) is 11.8 Å². The summed E-state index contributed by atoms with van der Waals surface area (Å²) >= 11 is 5.84. The summed E-state index contributed by atoms with van der Waals surface area (Å²) in [5.74, 6) is -0.249. The minimum Gasteiger partial charge on any atom is -0.339 e. The number of benzene rings is 2. The lowest BCUT2D eigenvalue weighted by Crippen LogP contribution is -2.35. The van der Waals surface area contributed by atoms with Crippen LogP contribution in [0.1, 0.15) is 40.0 Å². The molecule has 1 aliphatic rings. The molecule has 1 aliphatic heterocycles. The second-order valence-electron chi connectivity index (χ2n) is 5.89. The monoisotopic (exact) mass is 342 g/mol. The van der Waals surface area contributed by atoms with E-state index in [1.807, 2.05) is 4.90 Å². The van der Waals surface area contributed by atoms with Gasteiger partial charge in [-0.3, -0.25) is 9.59 Å². The Morgan fingerprint density at radius 1 is 0.917 bits per heavy atom. The number of anilines is 1. The Kier molecular flexibility index (Phi) is 5.16. The zero-order valence-corrected chi connectivity index (χ0v) is 14.1. The van der Waals surface area contributed by atoms with E-state index in [9.17, 15) is 9.59 Å². The number of rotatable bonds is 3. The van der Waals surface area contributed by atoms with Gasteiger partial charge in [-0.1, -0.05) is 17.7 Å². The van der Waals surface area contributed by atoms with Crippen LogP contribution in [0.15, 0.2) is 48.5 Å². The number of halogens is 1. The van der Waals surface area contributed by atoms with Crippen molar-refractivity contribution in [2.24, 2.45) is 0 Å². The summed E-state index contributed by atoms with van der Waals surface area (Å²) in [4.78, 5) is 26.8. The molecule has 0 bridgehead atoms. The quantitative estimate of drug-likeness (QED) is 0.908. The molecule has 4 nitrogen and oxygen atoms in total. The molecule has 2 aromatic carbocycles. The molecule has 0 unspecified atom stereocenters. The molecule has 24 heavy (non-hydrogen) atoms. The van der Waals surface area contributed by atoms with Gasteiger partial charge in [-0.25, -0.2) is 0 Å². The largest absolute Gasteiger partial charge is 0.339 e. The zero-order chi connectivity index (χ0) is 16.9. The Bertz CT molecular complexity index is 737. The summed E-state index contributed by atoms with van der Waals surface area (Å²) in [6, 6.07) is 13.8. The van der Waals surface area contributed by atoms with Crippen LogP contribution in [0.4, 0.5) is 5.69 Å². The second-order valence-corrected chi connectivity index (χ2v) is 6.33. The van der Waals surface area contributed by atoms with Crippen LogP contribution in [0.25, 0.3) is 0 Å². The number of likely N-dealkylation sites (tertiary alicyclic amines) is 1. The summed E-state index contributed by atoms with van der Waals surface area (Å²) in [7, 11) is 0. The first-order valence-corrected chi connectivity index (χ1v) is 8.47. The number of carbonyl (C=O) groups is 2. The van der Waals surface area contributed by atoms with Crippen molar-refractivity contribution in [3.8, 4) is 0 Å². The number of carbonyl (C=O) groups excluding carboxylic acids is 2. The van der Waals surface area contributed by atoms with E-state index in [1.54, 1.807) is 48.5 Å². The van der Waals surface area contributed by atoms with Crippen molar-refractivity contribution in [1.82, 2.24) is 4.90 Å². The summed E-state index contributed by atoms with van der Waals surface area (Å²) in [5, 5.41) is 3.42. The molecule has 2 amide bonds. The predicted octanol–water partition coefficient (Wildman–Crippen LogP) is 4.22. The molecule has 1 N–H and O–H groups in total. The maximum absolute atomic E-state index is 12.5. The molecule has 2 aromatic rings. The lowest BCUT2D eigenvalue weighted by Gasteiger charge is -2.26. The van der Waals surface area contributed by atoms with Gasteiger partial charge in [-0.05, 0) is 61.7 Å². The van der Waals surface area contributed by atoms with E-state index < -0.39 is 0 Å². The number of nitrogens with zero attached hydrogens (tertiary/aromatic N) is 1. The Labute approximate surface area is 146 Å². The number of piperidine rings is 1. The molecule has 0 spiro atoms. The molecule has 0 aromatic heterocycles. The number of hydrogen-bond acceptors (Lipinski definition) is 2. The van der Waals surface area contributed by atoms with Gasteiger partial charge in [0.15, 0.2) is 0 Å². The van der Waals surface area contributed by atoms with Gasteiger partial charge in [0, 0.05) is 34.9 Å². The fraction of sp³-hybridized carbons (Fsp3) is 0.263. The lowest BCUT2D eigenvalue weighted by atomic mass is 10.1. The zero-order valence-electron chi connectivity index (χ0n) is 13.3. The average molecular weight is 343 g/mol. The van der Waals surface area contributed by atoms with Gasteiger partial charge in [0.05, 0.1) is 0 Å². The first-order chi connectivity index (χ1) is 11.6. The van der Waals surface area contributed by atoms with E-state index in [2.05, 4.69) is 5.32 Å². The third kappa shape index (κ3) is 3.95. The minimum absolute atomic E-state index is 0.00385. The molecular formula is C19H19ClN2O2. The van der Waals surface area contributed by atoms with Crippen LogP contribution < -0.4 is 5.32 Å². The van der Waals surface area contributed by atoms with E-state index in [0.29, 0.717) is 21.8 Å². The summed E-state index contributed by atoms with van der Waals surface area (Å²) < 4.78 is 0. The van der Waals surface area contributed by atoms with E-state index in [1.165, 1.54) is 6.42 Å². The summed E-state index contributed by atoms with van der Waals surface area (Å²) in [6.07, 6.45) is 3.26. The maximum atomic E-state index is 12.5. The predicted molar refractivity (Wildman–Crippen MR) is 95.6 cm³/mol. The van der Waals surface area contributed by atoms with Gasteiger partial charge >= 0.3 is 0 Å². The van der Waals surface area contributed by atoms with Crippen molar-refractivity contribution in [3.63, 3.8) is 0 Å². The highest BCUT2D eigenvalue weighted by atomic mass is 35.5. The van der Waals surface area contributed by atoms with Crippen molar-refractivity contribution in [1.29, 1.82) is 0 Å². The summed E-state index contributed by atoms with van der Waals surface area (Å²) in [6.45, 7) is 1.58. The van der Waals surface area contributed by atoms with Gasteiger partial charge < -0.3 is 10.2 Å². The molecule has 1 fully saturated rings. The van der Waals surface area contributed by atoms with Gasteiger partial charge in [-0.2, -0.15) is 0 Å². The molecule has 1 saturated heterocycles. The highest BCUT2D eigenvalue weighted by molar-refractivity contribution is 6.30.